The smallest absolute Gasteiger partial charge is 0.312 e. The summed E-state index contributed by atoms with van der Waals surface area (Å²) in [5.74, 6) is -0.358. The Morgan fingerprint density at radius 1 is 1.24 bits per heavy atom. The first-order valence-electron chi connectivity index (χ1n) is 7.12. The molecule has 114 valence electrons. The largest absolute Gasteiger partial charge is 0.401 e. The second kappa shape index (κ2) is 5.33. The lowest BCUT2D eigenvalue weighted by molar-refractivity contribution is -0.144. The number of hydrogen-bond acceptors (Lipinski definition) is 2. The number of halogens is 3. The summed E-state index contributed by atoms with van der Waals surface area (Å²) in [6.45, 7) is 0.254. The first kappa shape index (κ1) is 14.4. The van der Waals surface area contributed by atoms with Crippen molar-refractivity contribution < 1.29 is 18.0 Å². The lowest BCUT2D eigenvalue weighted by atomic mass is 10.1. The Hall–Kier alpha value is -1.56. The van der Waals surface area contributed by atoms with Crippen LogP contribution in [0.4, 0.5) is 18.9 Å². The van der Waals surface area contributed by atoms with Crippen LogP contribution < -0.4 is 4.90 Å². The fourth-order valence-corrected chi connectivity index (χ4v) is 3.22. The molecule has 1 fully saturated rings. The van der Waals surface area contributed by atoms with E-state index in [4.69, 9.17) is 0 Å². The lowest BCUT2D eigenvalue weighted by Crippen LogP contribution is -2.38. The van der Waals surface area contributed by atoms with Crippen LogP contribution in [0.5, 0.6) is 0 Å². The van der Waals surface area contributed by atoms with Crippen LogP contribution in [0.2, 0.25) is 0 Å². The number of anilines is 1. The molecule has 0 radical (unpaired) electrons. The van der Waals surface area contributed by atoms with Gasteiger partial charge in [0.15, 0.2) is 0 Å². The molecule has 0 spiro atoms. The van der Waals surface area contributed by atoms with Crippen LogP contribution in [0.25, 0.3) is 0 Å². The molecule has 1 unspecified atom stereocenters. The third-order valence-corrected chi connectivity index (χ3v) is 4.18. The van der Waals surface area contributed by atoms with Crippen LogP contribution >= 0.6 is 0 Å². The van der Waals surface area contributed by atoms with Gasteiger partial charge in [0.1, 0.15) is 0 Å². The maximum atomic E-state index is 12.5. The Labute approximate surface area is 121 Å². The molecule has 0 bridgehead atoms. The Kier molecular flexibility index (Phi) is 3.65. The number of para-hydroxylation sites is 1. The maximum Gasteiger partial charge on any atom is 0.401 e. The molecule has 2 heterocycles. The van der Waals surface area contributed by atoms with Crippen molar-refractivity contribution in [3.8, 4) is 0 Å². The number of benzene rings is 1. The fraction of sp³-hybridized carbons (Fsp3) is 0.533. The number of likely N-dealkylation sites (tertiary alicyclic amines) is 1. The van der Waals surface area contributed by atoms with Crippen molar-refractivity contribution in [2.24, 2.45) is 5.92 Å². The van der Waals surface area contributed by atoms with E-state index in [-0.39, 0.29) is 18.4 Å². The Balaban J connectivity index is 1.65. The topological polar surface area (TPSA) is 23.6 Å². The van der Waals surface area contributed by atoms with Crippen LogP contribution in [0.1, 0.15) is 12.0 Å². The molecule has 0 aromatic heterocycles. The Morgan fingerprint density at radius 2 is 2.00 bits per heavy atom. The zero-order valence-electron chi connectivity index (χ0n) is 11.6. The number of alkyl halides is 3. The van der Waals surface area contributed by atoms with E-state index in [1.807, 2.05) is 24.3 Å². The Morgan fingerprint density at radius 3 is 2.76 bits per heavy atom. The van der Waals surface area contributed by atoms with E-state index in [2.05, 4.69) is 0 Å². The third kappa shape index (κ3) is 3.05. The molecule has 0 aliphatic carbocycles. The van der Waals surface area contributed by atoms with Gasteiger partial charge in [-0.05, 0) is 31.0 Å². The normalized spacial score (nSPS) is 22.6. The van der Waals surface area contributed by atoms with Gasteiger partial charge in [0.25, 0.3) is 0 Å². The summed E-state index contributed by atoms with van der Waals surface area (Å²) in [7, 11) is 0. The molecule has 0 N–H and O–H groups in total. The predicted octanol–water partition coefficient (Wildman–Crippen LogP) is 2.46. The third-order valence-electron chi connectivity index (χ3n) is 4.18. The fourth-order valence-electron chi connectivity index (χ4n) is 3.22. The molecule has 1 aromatic carbocycles. The van der Waals surface area contributed by atoms with Gasteiger partial charge in [-0.1, -0.05) is 18.2 Å². The van der Waals surface area contributed by atoms with E-state index >= 15 is 0 Å². The van der Waals surface area contributed by atoms with Crippen LogP contribution in [0.3, 0.4) is 0 Å². The van der Waals surface area contributed by atoms with E-state index in [1.165, 1.54) is 4.90 Å². The molecule has 1 aromatic rings. The SMILES string of the molecule is O=C(C1CCN(CC(F)(F)F)C1)N1CCc2ccccc21. The van der Waals surface area contributed by atoms with Crippen LogP contribution in [0, 0.1) is 5.92 Å². The number of fused-ring (bicyclic) bond motifs is 1. The van der Waals surface area contributed by atoms with Gasteiger partial charge in [0.05, 0.1) is 12.5 Å². The zero-order chi connectivity index (χ0) is 15.0. The van der Waals surface area contributed by atoms with Crippen molar-refractivity contribution in [3.63, 3.8) is 0 Å². The van der Waals surface area contributed by atoms with Gasteiger partial charge >= 0.3 is 6.18 Å². The summed E-state index contributed by atoms with van der Waals surface area (Å²) in [5.41, 5.74) is 2.05. The number of carbonyl (C=O) groups excluding carboxylic acids is 1. The molecular formula is C15H17F3N2O. The van der Waals surface area contributed by atoms with E-state index in [9.17, 15) is 18.0 Å². The average Bonchev–Trinajstić information content (AvgIpc) is 3.02. The maximum absolute atomic E-state index is 12.5. The Bertz CT molecular complexity index is 544. The highest BCUT2D eigenvalue weighted by atomic mass is 19.4. The second-order valence-corrected chi connectivity index (χ2v) is 5.70. The molecule has 1 amide bonds. The first-order chi connectivity index (χ1) is 9.94. The molecule has 1 saturated heterocycles. The van der Waals surface area contributed by atoms with Gasteiger partial charge in [0.2, 0.25) is 5.91 Å². The van der Waals surface area contributed by atoms with Crippen LogP contribution in [-0.4, -0.2) is 43.2 Å². The molecule has 2 aliphatic rings. The molecule has 0 saturated carbocycles. The lowest BCUT2D eigenvalue weighted by Gasteiger charge is -2.22. The van der Waals surface area contributed by atoms with Gasteiger partial charge in [-0.15, -0.1) is 0 Å². The molecule has 3 rings (SSSR count). The number of rotatable bonds is 2. The van der Waals surface area contributed by atoms with E-state index in [1.54, 1.807) is 4.90 Å². The van der Waals surface area contributed by atoms with Crippen LogP contribution in [-0.2, 0) is 11.2 Å². The number of amides is 1. The molecule has 6 heteroatoms. The van der Waals surface area contributed by atoms with Crippen molar-refractivity contribution in [3.05, 3.63) is 29.8 Å². The quantitative estimate of drug-likeness (QED) is 0.837. The van der Waals surface area contributed by atoms with Gasteiger partial charge in [0, 0.05) is 18.8 Å². The minimum Gasteiger partial charge on any atom is -0.312 e. The monoisotopic (exact) mass is 298 g/mol. The summed E-state index contributed by atoms with van der Waals surface area (Å²) in [4.78, 5) is 15.6. The van der Waals surface area contributed by atoms with Crippen molar-refractivity contribution in [2.75, 3.05) is 31.1 Å². The zero-order valence-corrected chi connectivity index (χ0v) is 11.6. The van der Waals surface area contributed by atoms with E-state index in [0.29, 0.717) is 19.5 Å². The van der Waals surface area contributed by atoms with E-state index < -0.39 is 12.7 Å². The second-order valence-electron chi connectivity index (χ2n) is 5.70. The van der Waals surface area contributed by atoms with Gasteiger partial charge in [-0.2, -0.15) is 13.2 Å². The van der Waals surface area contributed by atoms with E-state index in [0.717, 1.165) is 17.7 Å². The minimum absolute atomic E-state index is 0.0374. The number of carbonyl (C=O) groups is 1. The highest BCUT2D eigenvalue weighted by Crippen LogP contribution is 2.31. The molecule has 2 aliphatic heterocycles. The molecule has 1 atom stereocenters. The number of hydrogen-bond donors (Lipinski definition) is 0. The van der Waals surface area contributed by atoms with Crippen molar-refractivity contribution >= 4 is 11.6 Å². The predicted molar refractivity (Wildman–Crippen MR) is 73.1 cm³/mol. The summed E-state index contributed by atoms with van der Waals surface area (Å²) < 4.78 is 37.2. The summed E-state index contributed by atoms with van der Waals surface area (Å²) in [6.07, 6.45) is -2.87. The molecule has 3 nitrogen and oxygen atoms in total. The summed E-state index contributed by atoms with van der Waals surface area (Å²) >= 11 is 0. The summed E-state index contributed by atoms with van der Waals surface area (Å²) in [5, 5.41) is 0. The standard InChI is InChI=1S/C15H17F3N2O/c16-15(17,18)10-19-7-5-12(9-19)14(21)20-8-6-11-3-1-2-4-13(11)20/h1-4,12H,5-10H2. The van der Waals surface area contributed by atoms with Gasteiger partial charge in [-0.25, -0.2) is 0 Å². The molecular weight excluding hydrogens is 281 g/mol. The van der Waals surface area contributed by atoms with Crippen LogP contribution in [0.15, 0.2) is 24.3 Å². The van der Waals surface area contributed by atoms with Crippen molar-refractivity contribution in [2.45, 2.75) is 19.0 Å². The first-order valence-corrected chi connectivity index (χ1v) is 7.12. The van der Waals surface area contributed by atoms with Gasteiger partial charge < -0.3 is 4.90 Å². The van der Waals surface area contributed by atoms with Crippen molar-refractivity contribution in [1.29, 1.82) is 0 Å². The van der Waals surface area contributed by atoms with Gasteiger partial charge in [-0.3, -0.25) is 9.69 Å². The van der Waals surface area contributed by atoms with Crippen molar-refractivity contribution in [1.82, 2.24) is 4.90 Å². The minimum atomic E-state index is -4.20. The molecule has 21 heavy (non-hydrogen) atoms. The highest BCUT2D eigenvalue weighted by Gasteiger charge is 2.38. The highest BCUT2D eigenvalue weighted by molar-refractivity contribution is 5.97. The summed E-state index contributed by atoms with van der Waals surface area (Å²) in [6, 6.07) is 7.72. The number of nitrogens with zero attached hydrogens (tertiary/aromatic N) is 2. The average molecular weight is 298 g/mol.